The van der Waals surface area contributed by atoms with Crippen LogP contribution in [0.2, 0.25) is 0 Å². The van der Waals surface area contributed by atoms with Crippen molar-refractivity contribution < 1.29 is 95.5 Å². The molecule has 8 rings (SSSR count). The first-order chi connectivity index (χ1) is 35.0. The van der Waals surface area contributed by atoms with E-state index in [-0.39, 0.29) is 112 Å². The van der Waals surface area contributed by atoms with Gasteiger partial charge in [-0.1, -0.05) is 0 Å². The van der Waals surface area contributed by atoms with Gasteiger partial charge in [-0.15, -0.1) is 9.05 Å². The molecule has 35 heteroatoms. The first-order valence-corrected chi connectivity index (χ1v) is 25.4. The summed E-state index contributed by atoms with van der Waals surface area (Å²) in [5.74, 6) is -1.96. The number of aromatic nitrogens is 8. The van der Waals surface area contributed by atoms with Crippen molar-refractivity contribution in [1.82, 2.24) is 49.3 Å². The number of aliphatic hydroxyl groups excluding tert-OH is 2. The lowest BCUT2D eigenvalue weighted by Gasteiger charge is -2.24. The Labute approximate surface area is 411 Å². The molecule has 4 aliphatic rings. The standard InChI is InChI=1S/C38H50N12O21P2/c39-38-46-34-27(35(57)47-38)44-19-50(34)37-29(56)31-21(69-37)16-67-72(58,59)70-30-20(15-66-73(60,61)71-31)68-36(28(30)55)49-18-43-26-32(41-17-42-33(26)49)45-23(52)4-7-62-9-11-64-13-14-65-12-10-63-8-5-40-22(51)3-6-48-24(53)1-2-25(48)54/h1-2,17-21,28-31,36-37,55-56,58-61H,3-16H2,(H3-2,39,40,41,42,45,46,47,51,52,57)/p+2/t20-,21-,28-,29-,30-,31-,36-,37-/m1/s1. The Morgan fingerprint density at radius 1 is 0.712 bits per heavy atom. The molecule has 0 saturated carbocycles. The maximum atomic E-state index is 12.9. The zero-order valence-corrected chi connectivity index (χ0v) is 40.1. The van der Waals surface area contributed by atoms with Crippen LogP contribution in [0.25, 0.3) is 22.3 Å². The van der Waals surface area contributed by atoms with Gasteiger partial charge >= 0.3 is 16.3 Å². The molecule has 398 valence electrons. The van der Waals surface area contributed by atoms with Gasteiger partial charge in [-0.3, -0.25) is 43.0 Å². The fraction of sp³-hybridized carbons (Fsp3) is 0.579. The van der Waals surface area contributed by atoms with Crippen LogP contribution in [-0.2, 0) is 65.7 Å². The lowest BCUT2D eigenvalue weighted by molar-refractivity contribution is -0.137. The number of nitrogens with zero attached hydrogens (tertiary/aromatic N) is 8. The highest BCUT2D eigenvalue weighted by Crippen LogP contribution is 2.60. The zero-order chi connectivity index (χ0) is 51.9. The third-order valence-electron chi connectivity index (χ3n) is 11.2. The van der Waals surface area contributed by atoms with Crippen LogP contribution in [0.1, 0.15) is 25.3 Å². The molecule has 8 heterocycles. The number of carbonyl (C=O) groups excluding carboxylic acids is 4. The molecule has 4 aliphatic heterocycles. The summed E-state index contributed by atoms with van der Waals surface area (Å²) in [6, 6.07) is 0. The van der Waals surface area contributed by atoms with Gasteiger partial charge in [-0.05, 0) is 0 Å². The smallest absolute Gasteiger partial charge is 0.385 e. The molecule has 0 radical (unpaired) electrons. The molecule has 33 nitrogen and oxygen atoms in total. The topological polar surface area (TPSA) is 442 Å². The maximum Gasteiger partial charge on any atom is 0.570 e. The third-order valence-corrected chi connectivity index (χ3v) is 13.2. The second-order valence-electron chi connectivity index (χ2n) is 16.2. The quantitative estimate of drug-likeness (QED) is 0.0216. The van der Waals surface area contributed by atoms with Gasteiger partial charge < -0.3 is 55.0 Å². The molecule has 8 atom stereocenters. The van der Waals surface area contributed by atoms with Gasteiger partial charge in [-0.2, -0.15) is 33.6 Å². The molecule has 0 aliphatic carbocycles. The van der Waals surface area contributed by atoms with Crippen molar-refractivity contribution in [3.05, 3.63) is 41.5 Å². The fourth-order valence-corrected chi connectivity index (χ4v) is 9.70. The molecule has 0 spiro atoms. The van der Waals surface area contributed by atoms with Crippen molar-refractivity contribution >= 4 is 74.1 Å². The molecular weight excluding hydrogens is 1020 g/mol. The number of rotatable bonds is 21. The first-order valence-electron chi connectivity index (χ1n) is 22.3. The Hall–Kier alpha value is -5.26. The van der Waals surface area contributed by atoms with E-state index >= 15 is 0 Å². The predicted molar refractivity (Wildman–Crippen MR) is 242 cm³/mol. The largest absolute Gasteiger partial charge is 0.570 e. The van der Waals surface area contributed by atoms with Crippen molar-refractivity contribution in [2.24, 2.45) is 0 Å². The maximum absolute atomic E-state index is 12.9. The van der Waals surface area contributed by atoms with Crippen molar-refractivity contribution in [3.63, 3.8) is 0 Å². The Balaban J connectivity index is 0.750. The van der Waals surface area contributed by atoms with Gasteiger partial charge in [0.15, 0.2) is 52.8 Å². The summed E-state index contributed by atoms with van der Waals surface area (Å²) >= 11 is 0. The monoisotopic (exact) mass is 1070 g/mol. The number of anilines is 2. The van der Waals surface area contributed by atoms with Crippen molar-refractivity contribution in [3.8, 4) is 0 Å². The van der Waals surface area contributed by atoms with Gasteiger partial charge in [0, 0.05) is 31.7 Å². The number of imide groups is 1. The van der Waals surface area contributed by atoms with E-state index in [0.29, 0.717) is 6.61 Å². The summed E-state index contributed by atoms with van der Waals surface area (Å²) in [5.41, 5.74) is 4.84. The van der Waals surface area contributed by atoms with Gasteiger partial charge in [0.1, 0.15) is 44.0 Å². The number of H-pyrrole nitrogens is 1. The zero-order valence-electron chi connectivity index (χ0n) is 38.3. The molecule has 11 N–H and O–H groups in total. The summed E-state index contributed by atoms with van der Waals surface area (Å²) in [4.78, 5) is 128. The minimum Gasteiger partial charge on any atom is -0.385 e. The number of hydrogen-bond acceptors (Lipinski definition) is 27. The number of nitrogen functional groups attached to an aromatic ring is 1. The number of nitrogens with two attached hydrogens (primary N) is 1. The molecule has 4 aromatic heterocycles. The average molecular weight is 1070 g/mol. The summed E-state index contributed by atoms with van der Waals surface area (Å²) in [6.07, 6.45) is -7.09. The molecular formula is C38H52N12O21P2+2. The summed E-state index contributed by atoms with van der Waals surface area (Å²) in [6.45, 7) is 0.478. The van der Waals surface area contributed by atoms with Crippen LogP contribution in [0.4, 0.5) is 11.8 Å². The molecule has 3 fully saturated rings. The lowest BCUT2D eigenvalue weighted by atomic mass is 10.1. The molecule has 4 amide bonds. The van der Waals surface area contributed by atoms with Gasteiger partial charge in [0.2, 0.25) is 17.8 Å². The second-order valence-corrected chi connectivity index (χ2v) is 19.1. The third kappa shape index (κ3) is 13.4. The number of aromatic amines is 1. The van der Waals surface area contributed by atoms with Crippen LogP contribution in [0.5, 0.6) is 0 Å². The normalized spacial score (nSPS) is 26.0. The van der Waals surface area contributed by atoms with E-state index in [4.69, 9.17) is 52.2 Å². The Bertz CT molecular complexity index is 2670. The van der Waals surface area contributed by atoms with E-state index < -0.39 is 102 Å². The van der Waals surface area contributed by atoms with E-state index in [0.717, 1.165) is 34.3 Å². The number of ether oxygens (including phenoxy) is 6. The van der Waals surface area contributed by atoms with E-state index in [1.54, 1.807) is 0 Å². The Kier molecular flexibility index (Phi) is 17.7. The summed E-state index contributed by atoms with van der Waals surface area (Å²) < 4.78 is 57.7. The molecule has 0 aromatic carbocycles. The molecule has 3 saturated heterocycles. The fourth-order valence-electron chi connectivity index (χ4n) is 7.74. The predicted octanol–water partition coefficient (Wildman–Crippen LogP) is -3.97. The van der Waals surface area contributed by atoms with Crippen molar-refractivity contribution in [2.45, 2.75) is 61.9 Å². The number of amides is 4. The van der Waals surface area contributed by atoms with E-state index in [2.05, 4.69) is 40.5 Å². The van der Waals surface area contributed by atoms with Crippen LogP contribution >= 0.6 is 16.3 Å². The highest BCUT2D eigenvalue weighted by atomic mass is 31.2. The Morgan fingerprint density at radius 2 is 1.25 bits per heavy atom. The molecule has 73 heavy (non-hydrogen) atoms. The number of imidazole rings is 2. The van der Waals surface area contributed by atoms with Gasteiger partial charge in [0.05, 0.1) is 71.9 Å². The van der Waals surface area contributed by atoms with Crippen LogP contribution in [0, 0.1) is 0 Å². The van der Waals surface area contributed by atoms with Gasteiger partial charge in [0.25, 0.3) is 17.4 Å². The van der Waals surface area contributed by atoms with E-state index in [1.165, 1.54) is 10.9 Å². The minimum atomic E-state index is -4.91. The minimum absolute atomic E-state index is 0.00244. The van der Waals surface area contributed by atoms with Crippen LogP contribution in [0.15, 0.2) is 35.9 Å². The first kappa shape index (κ1) is 54.0. The molecule has 0 bridgehead atoms. The van der Waals surface area contributed by atoms with Crippen LogP contribution < -0.4 is 21.9 Å². The van der Waals surface area contributed by atoms with E-state index in [1.807, 2.05) is 0 Å². The van der Waals surface area contributed by atoms with Crippen molar-refractivity contribution in [1.29, 1.82) is 0 Å². The SMILES string of the molecule is Nc1nc2c(ncn2[C@@H]2O[C@@H]3CO[P+](O)(O)O[C@H]4[C@@H](O)[C@H](n5cnc6c(NC(=O)CCOCCOCCOCCOCCNC(=O)CCN7C(=O)C=CC7=O)ncnc65)O[C@@H]4CO[P+](O)(O)O[C@H]3[C@H]2O)c(=O)[nH]1. The number of hydrogen-bond donors (Lipinski definition) is 10. The van der Waals surface area contributed by atoms with Crippen LogP contribution in [-0.4, -0.2) is 213 Å². The highest BCUT2D eigenvalue weighted by Gasteiger charge is 2.61. The molecule has 0 unspecified atom stereocenters. The van der Waals surface area contributed by atoms with Crippen molar-refractivity contribution in [2.75, 3.05) is 90.2 Å². The summed E-state index contributed by atoms with van der Waals surface area (Å²) in [5, 5.41) is 28.1. The second kappa shape index (κ2) is 24.0. The number of aliphatic hydroxyl groups is 2. The molecule has 4 aromatic rings. The van der Waals surface area contributed by atoms with Gasteiger partial charge in [-0.25, -0.2) is 19.9 Å². The number of nitrogens with one attached hydrogen (secondary N) is 3. The average Bonchev–Trinajstić information content (AvgIpc) is 4.16. The lowest BCUT2D eigenvalue weighted by Crippen LogP contribution is -2.40. The Morgan fingerprint density at radius 3 is 1.84 bits per heavy atom. The summed E-state index contributed by atoms with van der Waals surface area (Å²) in [7, 11) is -9.81. The highest BCUT2D eigenvalue weighted by molar-refractivity contribution is 7.54. The number of fused-ring (bicyclic) bond motifs is 4. The van der Waals surface area contributed by atoms with E-state index in [9.17, 15) is 53.8 Å². The number of carbonyl (C=O) groups is 4. The van der Waals surface area contributed by atoms with Crippen LogP contribution in [0.3, 0.4) is 0 Å².